The standard InChI is InChI=1S/C30H30O4.C12H20NO3/c1-18-7-9-27(31)23(11-18)15-21-5-4-6-22(29(21)33)16-25-13-20(3)14-26(30(25)34)17-24-12-19(2)8-10-28(24)32;1-14-9-13(10-15-2,11-16-3)12-7-5-4-6-8-12/h4-14,31-34H,15-17H2,1-3H3;4-8H,9-11H2,1-3H3/q;+1/p-1. The first-order valence-electron chi connectivity index (χ1n) is 16.5. The lowest BCUT2D eigenvalue weighted by atomic mass is 9.93. The van der Waals surface area contributed by atoms with Crippen molar-refractivity contribution in [2.24, 2.45) is 0 Å². The normalized spacial score (nSPS) is 11.2. The minimum atomic E-state index is -0.0813. The summed E-state index contributed by atoms with van der Waals surface area (Å²) in [6, 6.07) is 30.1. The van der Waals surface area contributed by atoms with Crippen LogP contribution < -0.4 is 9.59 Å². The molecule has 264 valence electrons. The van der Waals surface area contributed by atoms with E-state index in [1.54, 1.807) is 45.6 Å². The molecule has 8 nitrogen and oxygen atoms in total. The van der Waals surface area contributed by atoms with E-state index in [4.69, 9.17) is 14.2 Å². The monoisotopic (exact) mass is 679 g/mol. The highest BCUT2D eigenvalue weighted by Crippen LogP contribution is 2.34. The smallest absolute Gasteiger partial charge is 0.191 e. The summed E-state index contributed by atoms with van der Waals surface area (Å²) in [7, 11) is 5.05. The number of nitrogens with zero attached hydrogens (tertiary/aromatic N) is 1. The van der Waals surface area contributed by atoms with Gasteiger partial charge in [0.15, 0.2) is 20.2 Å². The third-order valence-corrected chi connectivity index (χ3v) is 8.64. The number of quaternary nitrogens is 1. The fourth-order valence-electron chi connectivity index (χ4n) is 6.27. The van der Waals surface area contributed by atoms with Crippen molar-refractivity contribution in [2.75, 3.05) is 41.5 Å². The Morgan fingerprint density at radius 1 is 0.500 bits per heavy atom. The first-order chi connectivity index (χ1) is 24.0. The van der Waals surface area contributed by atoms with Crippen LogP contribution >= 0.6 is 0 Å². The summed E-state index contributed by atoms with van der Waals surface area (Å²) in [4.78, 5) is 0. The Morgan fingerprint density at radius 2 is 0.920 bits per heavy atom. The second kappa shape index (κ2) is 17.7. The topological polar surface area (TPSA) is 111 Å². The van der Waals surface area contributed by atoms with Gasteiger partial charge in [0, 0.05) is 40.6 Å². The third-order valence-electron chi connectivity index (χ3n) is 8.64. The average Bonchev–Trinajstić information content (AvgIpc) is 3.09. The highest BCUT2D eigenvalue weighted by Gasteiger charge is 2.30. The maximum absolute atomic E-state index is 13.2. The van der Waals surface area contributed by atoms with Gasteiger partial charge in [-0.3, -0.25) is 0 Å². The number of aromatic hydroxyl groups is 3. The van der Waals surface area contributed by atoms with Crippen LogP contribution in [0, 0.1) is 20.8 Å². The Hall–Kier alpha value is -4.86. The minimum Gasteiger partial charge on any atom is -0.872 e. The molecule has 3 N–H and O–H groups in total. The molecule has 0 bridgehead atoms. The fraction of sp³-hybridized carbons (Fsp3) is 0.286. The van der Waals surface area contributed by atoms with Crippen LogP contribution in [0.1, 0.15) is 50.1 Å². The van der Waals surface area contributed by atoms with Crippen molar-refractivity contribution in [1.29, 1.82) is 0 Å². The van der Waals surface area contributed by atoms with Gasteiger partial charge in [-0.15, -0.1) is 5.75 Å². The van der Waals surface area contributed by atoms with E-state index in [0.717, 1.165) is 27.9 Å². The maximum atomic E-state index is 13.2. The Labute approximate surface area is 296 Å². The Morgan fingerprint density at radius 3 is 1.38 bits per heavy atom. The van der Waals surface area contributed by atoms with Gasteiger partial charge in [-0.2, -0.15) is 0 Å². The van der Waals surface area contributed by atoms with Gasteiger partial charge in [0.25, 0.3) is 0 Å². The van der Waals surface area contributed by atoms with Gasteiger partial charge in [-0.25, -0.2) is 4.48 Å². The molecule has 0 unspecified atom stereocenters. The molecule has 0 saturated heterocycles. The molecule has 0 aromatic heterocycles. The van der Waals surface area contributed by atoms with Crippen molar-refractivity contribution in [3.05, 3.63) is 147 Å². The van der Waals surface area contributed by atoms with Crippen LogP contribution in [0.4, 0.5) is 5.69 Å². The summed E-state index contributed by atoms with van der Waals surface area (Å²) in [6.45, 7) is 7.43. The zero-order valence-electron chi connectivity index (χ0n) is 29.9. The maximum Gasteiger partial charge on any atom is 0.191 e. The number of phenols is 3. The SMILES string of the molecule is COC[N+](COC)(COC)c1ccccc1.Cc1ccc(O)c(Cc2cccc(Cc3cc(C)cc(Cc4cc(C)ccc4O)c3O)c2[O-])c1. The number of hydrogen-bond donors (Lipinski definition) is 3. The fourth-order valence-corrected chi connectivity index (χ4v) is 6.27. The van der Waals surface area contributed by atoms with Crippen LogP contribution in [0.25, 0.3) is 0 Å². The van der Waals surface area contributed by atoms with Crippen LogP contribution in [0.2, 0.25) is 0 Å². The number of benzene rings is 5. The average molecular weight is 680 g/mol. The Kier molecular flexibility index (Phi) is 13.4. The van der Waals surface area contributed by atoms with Gasteiger partial charge >= 0.3 is 0 Å². The van der Waals surface area contributed by atoms with Crippen LogP contribution in [0.3, 0.4) is 0 Å². The van der Waals surface area contributed by atoms with Crippen molar-refractivity contribution in [1.82, 2.24) is 4.48 Å². The van der Waals surface area contributed by atoms with Crippen LogP contribution in [-0.2, 0) is 33.5 Å². The lowest BCUT2D eigenvalue weighted by Gasteiger charge is -2.35. The number of hydrogen-bond acceptors (Lipinski definition) is 7. The van der Waals surface area contributed by atoms with E-state index in [1.165, 1.54) is 0 Å². The molecule has 5 rings (SSSR count). The van der Waals surface area contributed by atoms with Crippen molar-refractivity contribution < 1.29 is 34.6 Å². The predicted molar refractivity (Wildman–Crippen MR) is 197 cm³/mol. The summed E-state index contributed by atoms with van der Waals surface area (Å²) in [5.41, 5.74) is 8.20. The molecule has 0 atom stereocenters. The molecule has 0 fully saturated rings. The summed E-state index contributed by atoms with van der Waals surface area (Å²) < 4.78 is 16.3. The molecule has 0 saturated carbocycles. The van der Waals surface area contributed by atoms with E-state index in [9.17, 15) is 20.4 Å². The molecule has 0 radical (unpaired) electrons. The number of para-hydroxylation sites is 2. The second-order valence-corrected chi connectivity index (χ2v) is 12.9. The summed E-state index contributed by atoms with van der Waals surface area (Å²) in [5.74, 6) is 0.438. The summed E-state index contributed by atoms with van der Waals surface area (Å²) in [5, 5.41) is 44.7. The van der Waals surface area contributed by atoms with Crippen molar-refractivity contribution in [3.63, 3.8) is 0 Å². The number of phenolic OH excluding ortho intramolecular Hbond substituents is 3. The highest BCUT2D eigenvalue weighted by atomic mass is 16.5. The first kappa shape index (κ1) is 38.0. The zero-order chi connectivity index (χ0) is 36.3. The van der Waals surface area contributed by atoms with Crippen LogP contribution in [0.15, 0.2) is 97.1 Å². The Balaban J connectivity index is 0.000000295. The lowest BCUT2D eigenvalue weighted by molar-refractivity contribution is -0.270. The molecule has 0 heterocycles. The Bertz CT molecular complexity index is 1840. The zero-order valence-corrected chi connectivity index (χ0v) is 29.9. The van der Waals surface area contributed by atoms with E-state index in [2.05, 4.69) is 12.1 Å². The molecule has 0 aliphatic carbocycles. The van der Waals surface area contributed by atoms with Gasteiger partial charge in [0.05, 0.1) is 0 Å². The first-order valence-corrected chi connectivity index (χ1v) is 16.5. The van der Waals surface area contributed by atoms with Gasteiger partial charge in [-0.05, 0) is 67.3 Å². The van der Waals surface area contributed by atoms with Gasteiger partial charge < -0.3 is 34.6 Å². The predicted octanol–water partition coefficient (Wildman–Crippen LogP) is 7.38. The molecule has 5 aromatic carbocycles. The molecule has 8 heteroatoms. The van der Waals surface area contributed by atoms with E-state index in [0.29, 0.717) is 71.8 Å². The largest absolute Gasteiger partial charge is 0.872 e. The molecule has 5 aromatic rings. The van der Waals surface area contributed by atoms with E-state index in [1.807, 2.05) is 81.4 Å². The second-order valence-electron chi connectivity index (χ2n) is 12.9. The van der Waals surface area contributed by atoms with Crippen LogP contribution in [-0.4, -0.2) is 56.8 Å². The van der Waals surface area contributed by atoms with E-state index < -0.39 is 0 Å². The summed E-state index contributed by atoms with van der Waals surface area (Å²) in [6.07, 6.45) is 1.04. The number of aryl methyl sites for hydroxylation is 3. The molecule has 0 aliphatic rings. The van der Waals surface area contributed by atoms with Gasteiger partial charge in [0.2, 0.25) is 0 Å². The van der Waals surface area contributed by atoms with Crippen molar-refractivity contribution in [3.8, 4) is 23.0 Å². The van der Waals surface area contributed by atoms with Crippen LogP contribution in [0.5, 0.6) is 23.0 Å². The van der Waals surface area contributed by atoms with Gasteiger partial charge in [-0.1, -0.05) is 101 Å². The minimum absolute atomic E-state index is 0.0813. The molecular weight excluding hydrogens is 630 g/mol. The highest BCUT2D eigenvalue weighted by molar-refractivity contribution is 5.52. The number of rotatable bonds is 13. The number of methoxy groups -OCH3 is 3. The summed E-state index contributed by atoms with van der Waals surface area (Å²) >= 11 is 0. The van der Waals surface area contributed by atoms with Gasteiger partial charge in [0.1, 0.15) is 22.9 Å². The number of ether oxygens (including phenoxy) is 3. The third kappa shape index (κ3) is 9.64. The lowest BCUT2D eigenvalue weighted by Crippen LogP contribution is -2.53. The molecular formula is C42H49NO7. The van der Waals surface area contributed by atoms with E-state index in [-0.39, 0.29) is 23.0 Å². The van der Waals surface area contributed by atoms with Crippen molar-refractivity contribution >= 4 is 5.69 Å². The molecule has 0 amide bonds. The van der Waals surface area contributed by atoms with Crippen molar-refractivity contribution in [2.45, 2.75) is 40.0 Å². The quantitative estimate of drug-likeness (QED) is 0.0880. The molecule has 0 aliphatic heterocycles. The van der Waals surface area contributed by atoms with E-state index >= 15 is 0 Å². The molecule has 0 spiro atoms. The molecule has 50 heavy (non-hydrogen) atoms.